The molecule has 0 aliphatic carbocycles. The third-order valence-electron chi connectivity index (χ3n) is 6.08. The minimum Gasteiger partial charge on any atom is -0.382 e. The Balaban J connectivity index is 0.000000211. The molecule has 0 radical (unpaired) electrons. The Hall–Kier alpha value is -4.24. The summed E-state index contributed by atoms with van der Waals surface area (Å²) < 4.78 is 7.32. The van der Waals surface area contributed by atoms with Crippen LogP contribution in [0.25, 0.3) is 27.6 Å². The number of rotatable bonds is 3. The number of aromatic nitrogens is 5. The summed E-state index contributed by atoms with van der Waals surface area (Å²) in [6.07, 6.45) is 3.73. The van der Waals surface area contributed by atoms with E-state index in [2.05, 4.69) is 43.9 Å². The van der Waals surface area contributed by atoms with Gasteiger partial charge < -0.3 is 20.4 Å². The third-order valence-corrected chi connectivity index (χ3v) is 6.08. The number of fused-ring (bicyclic) bond motifs is 2. The largest absolute Gasteiger partial charge is 0.382 e. The number of nitrogen functional groups attached to an aromatic ring is 1. The van der Waals surface area contributed by atoms with Crippen LogP contribution in [0.2, 0.25) is 0 Å². The number of morpholine rings is 1. The Morgan fingerprint density at radius 1 is 1.03 bits per heavy atom. The molecule has 9 nitrogen and oxygen atoms in total. The third kappa shape index (κ3) is 4.45. The molecule has 0 bridgehead atoms. The molecule has 5 aromatic rings. The van der Waals surface area contributed by atoms with Crippen molar-refractivity contribution in [3.05, 3.63) is 83.3 Å². The van der Waals surface area contributed by atoms with Gasteiger partial charge in [-0.3, -0.25) is 9.36 Å². The second-order valence-electron chi connectivity index (χ2n) is 8.17. The number of hydrogen-bond acceptors (Lipinski definition) is 7. The molecule has 1 saturated heterocycles. The highest BCUT2D eigenvalue weighted by Crippen LogP contribution is 2.26. The minimum atomic E-state index is 0.0580. The van der Waals surface area contributed by atoms with Gasteiger partial charge in [-0.25, -0.2) is 15.0 Å². The Morgan fingerprint density at radius 3 is 2.57 bits per heavy atom. The number of benzene rings is 2. The summed E-state index contributed by atoms with van der Waals surface area (Å²) in [7, 11) is 0. The number of imidazole rings is 1. The van der Waals surface area contributed by atoms with E-state index in [0.717, 1.165) is 47.4 Å². The first-order chi connectivity index (χ1) is 17.2. The molecular formula is C26H27N7O2. The lowest BCUT2D eigenvalue weighted by Crippen LogP contribution is -2.37. The van der Waals surface area contributed by atoms with Gasteiger partial charge in [0.1, 0.15) is 11.8 Å². The number of hydrogen-bond donors (Lipinski definition) is 2. The van der Waals surface area contributed by atoms with Gasteiger partial charge in [0, 0.05) is 24.5 Å². The van der Waals surface area contributed by atoms with Crippen molar-refractivity contribution in [3.8, 4) is 5.69 Å². The van der Waals surface area contributed by atoms with Crippen molar-refractivity contribution < 1.29 is 4.74 Å². The topological polar surface area (TPSA) is 115 Å². The summed E-state index contributed by atoms with van der Waals surface area (Å²) in [6.45, 7) is 5.14. The van der Waals surface area contributed by atoms with Crippen LogP contribution in [0.1, 0.15) is 12.6 Å². The number of para-hydroxylation sites is 1. The maximum absolute atomic E-state index is 13.5. The molecule has 2 aromatic carbocycles. The highest BCUT2D eigenvalue weighted by atomic mass is 16.5. The van der Waals surface area contributed by atoms with Crippen molar-refractivity contribution in [1.82, 2.24) is 24.5 Å². The van der Waals surface area contributed by atoms with Gasteiger partial charge in [0.25, 0.3) is 5.56 Å². The molecule has 4 heterocycles. The summed E-state index contributed by atoms with van der Waals surface area (Å²) in [5.74, 6) is 0.433. The molecule has 0 amide bonds. The molecule has 178 valence electrons. The highest BCUT2D eigenvalue weighted by Gasteiger charge is 2.18. The van der Waals surface area contributed by atoms with Crippen molar-refractivity contribution in [3.63, 3.8) is 0 Å². The zero-order valence-corrected chi connectivity index (χ0v) is 19.5. The van der Waals surface area contributed by atoms with Crippen molar-refractivity contribution in [2.75, 3.05) is 36.9 Å². The molecule has 0 spiro atoms. The van der Waals surface area contributed by atoms with Crippen molar-refractivity contribution in [2.24, 2.45) is 0 Å². The Bertz CT molecular complexity index is 1510. The molecule has 35 heavy (non-hydrogen) atoms. The fourth-order valence-electron chi connectivity index (χ4n) is 4.37. The number of anilines is 2. The number of nitrogens with one attached hydrogen (secondary N) is 1. The Morgan fingerprint density at radius 2 is 1.83 bits per heavy atom. The van der Waals surface area contributed by atoms with Gasteiger partial charge in [0.2, 0.25) is 0 Å². The van der Waals surface area contributed by atoms with E-state index in [4.69, 9.17) is 10.5 Å². The molecule has 1 aliphatic heterocycles. The van der Waals surface area contributed by atoms with Crippen molar-refractivity contribution >= 4 is 33.4 Å². The van der Waals surface area contributed by atoms with E-state index in [1.165, 1.54) is 12.7 Å². The highest BCUT2D eigenvalue weighted by molar-refractivity contribution is 5.94. The Labute approximate surface area is 202 Å². The summed E-state index contributed by atoms with van der Waals surface area (Å²) in [4.78, 5) is 30.1. The second kappa shape index (κ2) is 9.94. The van der Waals surface area contributed by atoms with Gasteiger partial charge >= 0.3 is 0 Å². The van der Waals surface area contributed by atoms with Crippen molar-refractivity contribution in [2.45, 2.75) is 13.3 Å². The molecule has 3 N–H and O–H groups in total. The summed E-state index contributed by atoms with van der Waals surface area (Å²) in [6, 6.07) is 18.2. The smallest absolute Gasteiger partial charge is 0.265 e. The molecule has 0 saturated carbocycles. The standard InChI is InChI=1S/C21H22N2O2.C5H5N5/c1-2-17-15-16-7-6-10-19(22-11-13-25-14-12-22)20(16)21(24)23(17)18-8-4-3-5-9-18;6-4-3-5(9-1-7-3)10-2-8-4/h3-10,15H,2,11-14H2,1H3;1-2H,(H3,6,7,8,9,10). The summed E-state index contributed by atoms with van der Waals surface area (Å²) in [5.41, 5.74) is 9.80. The quantitative estimate of drug-likeness (QED) is 0.416. The lowest BCUT2D eigenvalue weighted by Gasteiger charge is -2.30. The average molecular weight is 470 g/mol. The minimum absolute atomic E-state index is 0.0580. The van der Waals surface area contributed by atoms with Crippen LogP contribution in [-0.2, 0) is 11.2 Å². The monoisotopic (exact) mass is 469 g/mol. The number of aryl methyl sites for hydroxylation is 1. The van der Waals surface area contributed by atoms with Gasteiger partial charge in [0.15, 0.2) is 11.5 Å². The number of nitrogens with two attached hydrogens (primary N) is 1. The number of aromatic amines is 1. The van der Waals surface area contributed by atoms with Gasteiger partial charge in [-0.2, -0.15) is 0 Å². The van der Waals surface area contributed by atoms with Gasteiger partial charge in [-0.05, 0) is 36.1 Å². The lowest BCUT2D eigenvalue weighted by molar-refractivity contribution is 0.123. The molecule has 0 atom stereocenters. The first-order valence-corrected chi connectivity index (χ1v) is 11.6. The fraction of sp³-hybridized carbons (Fsp3) is 0.231. The van der Waals surface area contributed by atoms with Crippen molar-refractivity contribution in [1.29, 1.82) is 0 Å². The molecule has 1 aliphatic rings. The van der Waals surface area contributed by atoms with Crippen LogP contribution in [0.3, 0.4) is 0 Å². The van der Waals surface area contributed by atoms with Gasteiger partial charge in [-0.1, -0.05) is 37.3 Å². The van der Waals surface area contributed by atoms with E-state index in [9.17, 15) is 4.79 Å². The summed E-state index contributed by atoms with van der Waals surface area (Å²) in [5, 5.41) is 1.81. The van der Waals surface area contributed by atoms with Gasteiger partial charge in [-0.15, -0.1) is 0 Å². The molecule has 3 aromatic heterocycles. The molecule has 6 rings (SSSR count). The number of H-pyrrole nitrogens is 1. The van der Waals surface area contributed by atoms with Crippen LogP contribution in [0.15, 0.2) is 72.0 Å². The zero-order valence-electron chi connectivity index (χ0n) is 19.5. The number of ether oxygens (including phenoxy) is 1. The maximum atomic E-state index is 13.5. The van der Waals surface area contributed by atoms with E-state index < -0.39 is 0 Å². The average Bonchev–Trinajstić information content (AvgIpc) is 3.40. The number of pyridine rings is 1. The predicted molar refractivity (Wildman–Crippen MR) is 138 cm³/mol. The normalized spacial score (nSPS) is 13.6. The lowest BCUT2D eigenvalue weighted by atomic mass is 10.1. The molecule has 1 fully saturated rings. The van der Waals surface area contributed by atoms with E-state index in [1.54, 1.807) is 0 Å². The molecular weight excluding hydrogens is 442 g/mol. The van der Waals surface area contributed by atoms with Crippen LogP contribution in [0.5, 0.6) is 0 Å². The van der Waals surface area contributed by atoms with Crippen LogP contribution >= 0.6 is 0 Å². The van der Waals surface area contributed by atoms with E-state index in [-0.39, 0.29) is 5.56 Å². The first kappa shape index (κ1) is 22.5. The first-order valence-electron chi connectivity index (χ1n) is 11.6. The maximum Gasteiger partial charge on any atom is 0.265 e. The van der Waals surface area contributed by atoms with Crippen LogP contribution < -0.4 is 16.2 Å². The van der Waals surface area contributed by atoms with E-state index in [1.807, 2.05) is 47.0 Å². The fourth-order valence-corrected chi connectivity index (χ4v) is 4.37. The van der Waals surface area contributed by atoms with Gasteiger partial charge in [0.05, 0.1) is 30.6 Å². The predicted octanol–water partition coefficient (Wildman–Crippen LogP) is 3.32. The van der Waals surface area contributed by atoms with Crippen LogP contribution in [-0.4, -0.2) is 50.8 Å². The van der Waals surface area contributed by atoms with Crippen LogP contribution in [0, 0.1) is 0 Å². The number of nitrogens with zero attached hydrogens (tertiary/aromatic N) is 5. The van der Waals surface area contributed by atoms with E-state index in [0.29, 0.717) is 30.2 Å². The molecule has 0 unspecified atom stereocenters. The SMILES string of the molecule is CCc1cc2cccc(N3CCOCC3)c2c(=O)n1-c1ccccc1.Nc1ncnc2nc[nH]c12. The summed E-state index contributed by atoms with van der Waals surface area (Å²) >= 11 is 0. The molecule has 9 heteroatoms. The zero-order chi connectivity index (χ0) is 24.2. The van der Waals surface area contributed by atoms with E-state index >= 15 is 0 Å². The second-order valence-corrected chi connectivity index (χ2v) is 8.17. The Kier molecular flexibility index (Phi) is 6.40. The van der Waals surface area contributed by atoms with Crippen LogP contribution in [0.4, 0.5) is 11.5 Å².